The Hall–Kier alpha value is -0.940. The molecule has 17 heavy (non-hydrogen) atoms. The van der Waals surface area contributed by atoms with E-state index in [-0.39, 0.29) is 6.04 Å². The number of hydrazine groups is 1. The van der Waals surface area contributed by atoms with Crippen LogP contribution in [0.3, 0.4) is 0 Å². The fourth-order valence-corrected chi connectivity index (χ4v) is 2.26. The van der Waals surface area contributed by atoms with Crippen molar-refractivity contribution in [2.75, 3.05) is 27.3 Å². The Labute approximate surface area is 102 Å². The van der Waals surface area contributed by atoms with Crippen LogP contribution in [0.25, 0.3) is 0 Å². The average Bonchev–Trinajstić information content (AvgIpc) is 2.33. The maximum atomic E-state index is 10.8. The van der Waals surface area contributed by atoms with Gasteiger partial charge in [0.25, 0.3) is 0 Å². The largest absolute Gasteiger partial charge is 0.381 e. The van der Waals surface area contributed by atoms with Gasteiger partial charge in [-0.1, -0.05) is 30.3 Å². The Bertz CT molecular complexity index is 356. The molecular formula is C13H20N2O2. The van der Waals surface area contributed by atoms with Crippen LogP contribution >= 0.6 is 0 Å². The van der Waals surface area contributed by atoms with Gasteiger partial charge in [0.1, 0.15) is 5.60 Å². The molecule has 0 bridgehead atoms. The Morgan fingerprint density at radius 2 is 2.06 bits per heavy atom. The first-order valence-corrected chi connectivity index (χ1v) is 5.92. The van der Waals surface area contributed by atoms with Gasteiger partial charge in [0.05, 0.1) is 12.6 Å². The summed E-state index contributed by atoms with van der Waals surface area (Å²) in [7, 11) is 3.86. The molecule has 2 rings (SSSR count). The summed E-state index contributed by atoms with van der Waals surface area (Å²) in [5.74, 6) is 0. The number of benzene rings is 1. The molecule has 0 radical (unpaired) electrons. The minimum Gasteiger partial charge on any atom is -0.381 e. The summed E-state index contributed by atoms with van der Waals surface area (Å²) in [6, 6.07) is 9.69. The van der Waals surface area contributed by atoms with E-state index in [1.165, 1.54) is 0 Å². The van der Waals surface area contributed by atoms with Gasteiger partial charge in [0.15, 0.2) is 0 Å². The quantitative estimate of drug-likeness (QED) is 0.759. The minimum atomic E-state index is -0.955. The van der Waals surface area contributed by atoms with Crippen molar-refractivity contribution in [2.24, 2.45) is 0 Å². The molecule has 94 valence electrons. The van der Waals surface area contributed by atoms with Gasteiger partial charge in [0, 0.05) is 20.7 Å². The van der Waals surface area contributed by atoms with Gasteiger partial charge in [-0.05, 0) is 12.0 Å². The predicted octanol–water partition coefficient (Wildman–Crippen LogP) is 0.729. The van der Waals surface area contributed by atoms with Crippen molar-refractivity contribution in [1.82, 2.24) is 10.4 Å². The maximum Gasteiger partial charge on any atom is 0.129 e. The van der Waals surface area contributed by atoms with E-state index in [4.69, 9.17) is 4.74 Å². The van der Waals surface area contributed by atoms with Gasteiger partial charge >= 0.3 is 0 Å². The summed E-state index contributed by atoms with van der Waals surface area (Å²) in [5, 5.41) is 12.7. The molecule has 0 amide bonds. The van der Waals surface area contributed by atoms with Crippen LogP contribution in [0.1, 0.15) is 12.0 Å². The second-order valence-electron chi connectivity index (χ2n) is 4.71. The molecule has 0 saturated carbocycles. The second kappa shape index (κ2) is 5.14. The highest BCUT2D eigenvalue weighted by Crippen LogP contribution is 2.30. The number of aliphatic hydroxyl groups is 1. The SMILES string of the molecule is CN(C)N[C@H]1CCOC[C@]1(O)c1ccccc1. The fraction of sp³-hybridized carbons (Fsp3) is 0.538. The monoisotopic (exact) mass is 236 g/mol. The normalized spacial score (nSPS) is 29.5. The van der Waals surface area contributed by atoms with E-state index in [2.05, 4.69) is 5.43 Å². The smallest absolute Gasteiger partial charge is 0.129 e. The molecule has 2 N–H and O–H groups in total. The predicted molar refractivity (Wildman–Crippen MR) is 66.4 cm³/mol. The summed E-state index contributed by atoms with van der Waals surface area (Å²) in [4.78, 5) is 0. The molecule has 1 aromatic carbocycles. The van der Waals surface area contributed by atoms with Crippen LogP contribution in [-0.4, -0.2) is 43.5 Å². The lowest BCUT2D eigenvalue weighted by Crippen LogP contribution is -2.57. The van der Waals surface area contributed by atoms with Gasteiger partial charge in [-0.2, -0.15) is 0 Å². The zero-order valence-electron chi connectivity index (χ0n) is 10.4. The average molecular weight is 236 g/mol. The molecule has 4 nitrogen and oxygen atoms in total. The van der Waals surface area contributed by atoms with Gasteiger partial charge in [0.2, 0.25) is 0 Å². The topological polar surface area (TPSA) is 44.7 Å². The molecule has 1 aliphatic heterocycles. The Morgan fingerprint density at radius 3 is 2.71 bits per heavy atom. The molecule has 1 fully saturated rings. The fourth-order valence-electron chi connectivity index (χ4n) is 2.26. The maximum absolute atomic E-state index is 10.8. The molecule has 0 aromatic heterocycles. The van der Waals surface area contributed by atoms with Crippen LogP contribution in [0, 0.1) is 0 Å². The van der Waals surface area contributed by atoms with Crippen LogP contribution in [0.2, 0.25) is 0 Å². The van der Waals surface area contributed by atoms with E-state index >= 15 is 0 Å². The Morgan fingerprint density at radius 1 is 1.35 bits per heavy atom. The molecule has 0 aliphatic carbocycles. The van der Waals surface area contributed by atoms with E-state index < -0.39 is 5.60 Å². The lowest BCUT2D eigenvalue weighted by atomic mass is 9.84. The van der Waals surface area contributed by atoms with Crippen molar-refractivity contribution < 1.29 is 9.84 Å². The molecule has 1 heterocycles. The van der Waals surface area contributed by atoms with E-state index in [0.29, 0.717) is 13.2 Å². The molecule has 0 spiro atoms. The standard InChI is InChI=1S/C13H20N2O2/c1-15(2)14-12-8-9-17-10-13(12,16)11-6-4-3-5-7-11/h3-7,12,14,16H,8-10H2,1-2H3/t12-,13-/m0/s1. The zero-order chi connectivity index (χ0) is 12.3. The summed E-state index contributed by atoms with van der Waals surface area (Å²) in [5.41, 5.74) is 3.22. The van der Waals surface area contributed by atoms with Crippen LogP contribution < -0.4 is 5.43 Å². The van der Waals surface area contributed by atoms with Crippen LogP contribution in [0.15, 0.2) is 30.3 Å². The van der Waals surface area contributed by atoms with E-state index in [9.17, 15) is 5.11 Å². The number of rotatable bonds is 3. The Kier molecular flexibility index (Phi) is 3.79. The van der Waals surface area contributed by atoms with Crippen molar-refractivity contribution in [3.05, 3.63) is 35.9 Å². The Balaban J connectivity index is 2.25. The lowest BCUT2D eigenvalue weighted by Gasteiger charge is -2.41. The third kappa shape index (κ3) is 2.66. The summed E-state index contributed by atoms with van der Waals surface area (Å²) >= 11 is 0. The summed E-state index contributed by atoms with van der Waals surface area (Å²) in [6.45, 7) is 1.02. The highest BCUT2D eigenvalue weighted by molar-refractivity contribution is 5.25. The highest BCUT2D eigenvalue weighted by atomic mass is 16.5. The molecule has 1 aromatic rings. The van der Waals surface area contributed by atoms with E-state index in [1.54, 1.807) is 0 Å². The third-order valence-corrected chi connectivity index (χ3v) is 3.14. The van der Waals surface area contributed by atoms with E-state index in [0.717, 1.165) is 12.0 Å². The molecule has 1 aliphatic rings. The van der Waals surface area contributed by atoms with Crippen molar-refractivity contribution in [3.63, 3.8) is 0 Å². The lowest BCUT2D eigenvalue weighted by molar-refractivity contribution is -0.124. The number of nitrogens with zero attached hydrogens (tertiary/aromatic N) is 1. The first-order chi connectivity index (χ1) is 8.13. The third-order valence-electron chi connectivity index (χ3n) is 3.14. The highest BCUT2D eigenvalue weighted by Gasteiger charge is 2.41. The van der Waals surface area contributed by atoms with Gasteiger partial charge in [-0.15, -0.1) is 0 Å². The zero-order valence-corrected chi connectivity index (χ0v) is 10.4. The van der Waals surface area contributed by atoms with Crippen molar-refractivity contribution in [1.29, 1.82) is 0 Å². The molecule has 0 unspecified atom stereocenters. The summed E-state index contributed by atoms with van der Waals surface area (Å²) < 4.78 is 5.44. The molecule has 4 heteroatoms. The molecule has 2 atom stereocenters. The van der Waals surface area contributed by atoms with E-state index in [1.807, 2.05) is 49.4 Å². The van der Waals surface area contributed by atoms with Crippen LogP contribution in [0.5, 0.6) is 0 Å². The van der Waals surface area contributed by atoms with Crippen molar-refractivity contribution >= 4 is 0 Å². The van der Waals surface area contributed by atoms with Crippen molar-refractivity contribution in [3.8, 4) is 0 Å². The second-order valence-corrected chi connectivity index (χ2v) is 4.71. The number of ether oxygens (including phenoxy) is 1. The minimum absolute atomic E-state index is 0.0198. The van der Waals surface area contributed by atoms with Crippen LogP contribution in [-0.2, 0) is 10.3 Å². The first-order valence-electron chi connectivity index (χ1n) is 5.92. The van der Waals surface area contributed by atoms with Gasteiger partial charge < -0.3 is 9.84 Å². The number of hydrogen-bond acceptors (Lipinski definition) is 4. The molecule has 1 saturated heterocycles. The first kappa shape index (κ1) is 12.5. The van der Waals surface area contributed by atoms with Gasteiger partial charge in [-0.25, -0.2) is 5.43 Å². The number of nitrogens with one attached hydrogen (secondary N) is 1. The molecular weight excluding hydrogens is 216 g/mol. The van der Waals surface area contributed by atoms with Crippen LogP contribution in [0.4, 0.5) is 0 Å². The van der Waals surface area contributed by atoms with Gasteiger partial charge in [-0.3, -0.25) is 5.01 Å². The summed E-state index contributed by atoms with van der Waals surface area (Å²) in [6.07, 6.45) is 0.795. The number of hydrogen-bond donors (Lipinski definition) is 2. The van der Waals surface area contributed by atoms with Crippen molar-refractivity contribution in [2.45, 2.75) is 18.1 Å².